The van der Waals surface area contributed by atoms with Gasteiger partial charge in [0.15, 0.2) is 0 Å². The van der Waals surface area contributed by atoms with Crippen LogP contribution in [0.3, 0.4) is 0 Å². The van der Waals surface area contributed by atoms with Crippen LogP contribution in [-0.2, 0) is 6.61 Å². The first-order chi connectivity index (χ1) is 9.10. The highest BCUT2D eigenvalue weighted by Crippen LogP contribution is 2.30. The molecule has 0 spiro atoms. The second-order valence-corrected chi connectivity index (χ2v) is 5.11. The van der Waals surface area contributed by atoms with Crippen molar-refractivity contribution in [2.45, 2.75) is 6.61 Å². The summed E-state index contributed by atoms with van der Waals surface area (Å²) in [4.78, 5) is 0. The standard InChI is InChI=1S/C14H11BrClFO2/c1-18-11-4-5-14(12(15)7-11)19-8-9-2-3-10(16)6-13(9)17/h2-7H,8H2,1H3. The molecular weight excluding hydrogens is 335 g/mol. The number of ether oxygens (including phenoxy) is 2. The Balaban J connectivity index is 2.10. The molecule has 5 heteroatoms. The fourth-order valence-electron chi connectivity index (χ4n) is 1.52. The number of hydrogen-bond acceptors (Lipinski definition) is 2. The molecular formula is C14H11BrClFO2. The number of halogens is 3. The summed E-state index contributed by atoms with van der Waals surface area (Å²) >= 11 is 9.06. The maximum atomic E-state index is 13.6. The molecule has 0 heterocycles. The van der Waals surface area contributed by atoms with Crippen LogP contribution in [0.4, 0.5) is 4.39 Å². The average molecular weight is 346 g/mol. The summed E-state index contributed by atoms with van der Waals surface area (Å²) in [6.45, 7) is 0.133. The Labute approximate surface area is 124 Å². The van der Waals surface area contributed by atoms with E-state index < -0.39 is 0 Å². The molecule has 0 fully saturated rings. The summed E-state index contributed by atoms with van der Waals surface area (Å²) in [5.74, 6) is 0.962. The predicted octanol–water partition coefficient (Wildman–Crippen LogP) is 4.83. The zero-order valence-electron chi connectivity index (χ0n) is 10.1. The first kappa shape index (κ1) is 14.2. The van der Waals surface area contributed by atoms with E-state index in [-0.39, 0.29) is 12.4 Å². The highest BCUT2D eigenvalue weighted by atomic mass is 79.9. The molecule has 0 aliphatic rings. The predicted molar refractivity (Wildman–Crippen MR) is 76.4 cm³/mol. The van der Waals surface area contributed by atoms with E-state index in [2.05, 4.69) is 15.9 Å². The first-order valence-corrected chi connectivity index (χ1v) is 6.67. The molecule has 0 radical (unpaired) electrons. The van der Waals surface area contributed by atoms with Crippen LogP contribution in [0.2, 0.25) is 5.02 Å². The molecule has 0 unspecified atom stereocenters. The van der Waals surface area contributed by atoms with Crippen LogP contribution in [0.25, 0.3) is 0 Å². The maximum Gasteiger partial charge on any atom is 0.134 e. The van der Waals surface area contributed by atoms with Gasteiger partial charge in [-0.2, -0.15) is 0 Å². The van der Waals surface area contributed by atoms with Crippen molar-refractivity contribution in [3.63, 3.8) is 0 Å². The summed E-state index contributed by atoms with van der Waals surface area (Å²) in [6.07, 6.45) is 0. The lowest BCUT2D eigenvalue weighted by Crippen LogP contribution is -1.99. The van der Waals surface area contributed by atoms with E-state index in [1.165, 1.54) is 6.07 Å². The Morgan fingerprint density at radius 1 is 1.21 bits per heavy atom. The lowest BCUT2D eigenvalue weighted by molar-refractivity contribution is 0.297. The fourth-order valence-corrected chi connectivity index (χ4v) is 2.15. The van der Waals surface area contributed by atoms with Crippen LogP contribution in [0.5, 0.6) is 11.5 Å². The van der Waals surface area contributed by atoms with Gasteiger partial charge in [-0.3, -0.25) is 0 Å². The zero-order chi connectivity index (χ0) is 13.8. The molecule has 2 nitrogen and oxygen atoms in total. The third-order valence-corrected chi connectivity index (χ3v) is 3.39. The quantitative estimate of drug-likeness (QED) is 0.790. The molecule has 2 aromatic rings. The Bertz CT molecular complexity index is 590. The van der Waals surface area contributed by atoms with Gasteiger partial charge in [0, 0.05) is 10.6 Å². The van der Waals surface area contributed by atoms with Crippen LogP contribution in [0.15, 0.2) is 40.9 Å². The van der Waals surface area contributed by atoms with Crippen molar-refractivity contribution in [2.24, 2.45) is 0 Å². The molecule has 0 atom stereocenters. The van der Waals surface area contributed by atoms with Crippen molar-refractivity contribution in [1.82, 2.24) is 0 Å². The van der Waals surface area contributed by atoms with Crippen molar-refractivity contribution in [2.75, 3.05) is 7.11 Å². The van der Waals surface area contributed by atoms with E-state index in [1.54, 1.807) is 37.4 Å². The van der Waals surface area contributed by atoms with Gasteiger partial charge in [0.2, 0.25) is 0 Å². The van der Waals surface area contributed by atoms with Gasteiger partial charge in [-0.15, -0.1) is 0 Å². The third-order valence-electron chi connectivity index (χ3n) is 2.54. The molecule has 0 aliphatic carbocycles. The normalized spacial score (nSPS) is 10.3. The maximum absolute atomic E-state index is 13.6. The van der Waals surface area contributed by atoms with E-state index in [0.717, 1.165) is 10.2 Å². The Morgan fingerprint density at radius 3 is 2.63 bits per heavy atom. The van der Waals surface area contributed by atoms with Gasteiger partial charge < -0.3 is 9.47 Å². The first-order valence-electron chi connectivity index (χ1n) is 5.50. The number of rotatable bonds is 4. The largest absolute Gasteiger partial charge is 0.497 e. The van der Waals surface area contributed by atoms with Gasteiger partial charge in [-0.05, 0) is 46.3 Å². The van der Waals surface area contributed by atoms with E-state index in [0.29, 0.717) is 16.3 Å². The number of hydrogen-bond donors (Lipinski definition) is 0. The smallest absolute Gasteiger partial charge is 0.134 e. The van der Waals surface area contributed by atoms with Crippen LogP contribution in [0, 0.1) is 5.82 Å². The molecule has 2 rings (SSSR count). The molecule has 0 saturated carbocycles. The molecule has 0 aliphatic heterocycles. The summed E-state index contributed by atoms with van der Waals surface area (Å²) in [5, 5.41) is 0.367. The molecule has 0 aromatic heterocycles. The molecule has 0 N–H and O–H groups in total. The van der Waals surface area contributed by atoms with Crippen molar-refractivity contribution < 1.29 is 13.9 Å². The van der Waals surface area contributed by atoms with Crippen LogP contribution < -0.4 is 9.47 Å². The van der Waals surface area contributed by atoms with Gasteiger partial charge >= 0.3 is 0 Å². The van der Waals surface area contributed by atoms with E-state index in [1.807, 2.05) is 0 Å². The Hall–Kier alpha value is -1.26. The highest BCUT2D eigenvalue weighted by molar-refractivity contribution is 9.10. The Morgan fingerprint density at radius 2 is 2.00 bits per heavy atom. The minimum atomic E-state index is -0.378. The number of methoxy groups -OCH3 is 1. The van der Waals surface area contributed by atoms with Gasteiger partial charge in [0.05, 0.1) is 11.6 Å². The van der Waals surface area contributed by atoms with E-state index in [4.69, 9.17) is 21.1 Å². The monoisotopic (exact) mass is 344 g/mol. The van der Waals surface area contributed by atoms with Crippen molar-refractivity contribution in [3.8, 4) is 11.5 Å². The topological polar surface area (TPSA) is 18.5 Å². The van der Waals surface area contributed by atoms with Crippen molar-refractivity contribution >= 4 is 27.5 Å². The lowest BCUT2D eigenvalue weighted by Gasteiger charge is -2.10. The van der Waals surface area contributed by atoms with Gasteiger partial charge in [-0.1, -0.05) is 17.7 Å². The second-order valence-electron chi connectivity index (χ2n) is 3.82. The van der Waals surface area contributed by atoms with E-state index in [9.17, 15) is 4.39 Å². The highest BCUT2D eigenvalue weighted by Gasteiger charge is 2.07. The molecule has 0 saturated heterocycles. The fraction of sp³-hybridized carbons (Fsp3) is 0.143. The number of benzene rings is 2. The van der Waals surface area contributed by atoms with Crippen molar-refractivity contribution in [3.05, 3.63) is 57.3 Å². The Kier molecular flexibility index (Phi) is 4.66. The minimum absolute atomic E-state index is 0.133. The zero-order valence-corrected chi connectivity index (χ0v) is 12.5. The molecule has 19 heavy (non-hydrogen) atoms. The van der Waals surface area contributed by atoms with Gasteiger partial charge in [0.1, 0.15) is 23.9 Å². The molecule has 100 valence electrons. The third kappa shape index (κ3) is 3.61. The van der Waals surface area contributed by atoms with Crippen molar-refractivity contribution in [1.29, 1.82) is 0 Å². The van der Waals surface area contributed by atoms with Gasteiger partial charge in [0.25, 0.3) is 0 Å². The molecule has 0 amide bonds. The average Bonchev–Trinajstić information content (AvgIpc) is 2.39. The summed E-state index contributed by atoms with van der Waals surface area (Å²) in [7, 11) is 1.59. The lowest BCUT2D eigenvalue weighted by atomic mass is 10.2. The molecule has 2 aromatic carbocycles. The second kappa shape index (κ2) is 6.26. The minimum Gasteiger partial charge on any atom is -0.497 e. The van der Waals surface area contributed by atoms with E-state index >= 15 is 0 Å². The summed E-state index contributed by atoms with van der Waals surface area (Å²) in [6, 6.07) is 9.83. The molecule has 0 bridgehead atoms. The van der Waals surface area contributed by atoms with Crippen LogP contribution in [0.1, 0.15) is 5.56 Å². The SMILES string of the molecule is COc1ccc(OCc2ccc(Cl)cc2F)c(Br)c1. The summed E-state index contributed by atoms with van der Waals surface area (Å²) < 4.78 is 25.0. The van der Waals surface area contributed by atoms with Crippen LogP contribution in [-0.4, -0.2) is 7.11 Å². The van der Waals surface area contributed by atoms with Crippen LogP contribution >= 0.6 is 27.5 Å². The van der Waals surface area contributed by atoms with Gasteiger partial charge in [-0.25, -0.2) is 4.39 Å². The summed E-state index contributed by atoms with van der Waals surface area (Å²) in [5.41, 5.74) is 0.451.